The first-order chi connectivity index (χ1) is 14.1. The van der Waals surface area contributed by atoms with Crippen LogP contribution in [0.15, 0.2) is 0 Å². The van der Waals surface area contributed by atoms with Gasteiger partial charge in [-0.2, -0.15) is 0 Å². The summed E-state index contributed by atoms with van der Waals surface area (Å²) < 4.78 is 10.7. The third-order valence-corrected chi connectivity index (χ3v) is 6.52. The first kappa shape index (κ1) is 24.6. The van der Waals surface area contributed by atoms with Gasteiger partial charge in [-0.05, 0) is 58.6 Å². The fourth-order valence-corrected chi connectivity index (χ4v) is 5.17. The van der Waals surface area contributed by atoms with Crippen molar-refractivity contribution < 1.29 is 19.1 Å². The summed E-state index contributed by atoms with van der Waals surface area (Å²) in [6, 6.07) is 0.00259. The fourth-order valence-electron chi connectivity index (χ4n) is 3.73. The highest BCUT2D eigenvalue weighted by Gasteiger charge is 2.39. The van der Waals surface area contributed by atoms with Crippen LogP contribution in [0.5, 0.6) is 0 Å². The Balaban J connectivity index is 2.13. The number of methoxy groups -OCH3 is 1. The van der Waals surface area contributed by atoms with Gasteiger partial charge in [0.1, 0.15) is 5.60 Å². The maximum absolute atomic E-state index is 12.9. The molecule has 2 atom stereocenters. The molecule has 0 saturated carbocycles. The summed E-state index contributed by atoms with van der Waals surface area (Å²) in [5.74, 6) is -0.00768. The van der Waals surface area contributed by atoms with Crippen LogP contribution in [0.25, 0.3) is 0 Å². The van der Waals surface area contributed by atoms with Crippen molar-refractivity contribution in [2.45, 2.75) is 78.5 Å². The number of amides is 2. The van der Waals surface area contributed by atoms with E-state index in [-0.39, 0.29) is 24.1 Å². The van der Waals surface area contributed by atoms with Crippen molar-refractivity contribution in [2.24, 2.45) is 0 Å². The molecule has 2 N–H and O–H groups in total. The van der Waals surface area contributed by atoms with E-state index >= 15 is 0 Å². The Hall–Kier alpha value is -1.64. The van der Waals surface area contributed by atoms with Crippen molar-refractivity contribution in [1.29, 1.82) is 0 Å². The third-order valence-electron chi connectivity index (χ3n) is 5.17. The molecule has 1 aliphatic heterocycles. The number of rotatable bonds is 8. The Kier molecular flexibility index (Phi) is 8.70. The summed E-state index contributed by atoms with van der Waals surface area (Å²) in [5, 5.41) is 7.15. The van der Waals surface area contributed by atoms with E-state index in [0.29, 0.717) is 19.6 Å². The van der Waals surface area contributed by atoms with E-state index in [0.717, 1.165) is 34.8 Å². The molecule has 1 aliphatic rings. The van der Waals surface area contributed by atoms with E-state index in [9.17, 15) is 9.59 Å². The lowest BCUT2D eigenvalue weighted by atomic mass is 9.92. The van der Waals surface area contributed by atoms with Crippen LogP contribution in [-0.2, 0) is 20.7 Å². The minimum Gasteiger partial charge on any atom is -0.444 e. The number of fused-ring (bicyclic) bond motifs is 1. The number of hydrogen-bond donors (Lipinski definition) is 2. The van der Waals surface area contributed by atoms with Gasteiger partial charge in [0, 0.05) is 37.5 Å². The number of nitrogens with zero attached hydrogens (tertiary/aromatic N) is 1. The number of carbonyl (C=O) groups excluding carboxylic acids is 2. The number of nitrogens with one attached hydrogen (secondary N) is 2. The van der Waals surface area contributed by atoms with Crippen molar-refractivity contribution in [2.75, 3.05) is 32.1 Å². The lowest BCUT2D eigenvalue weighted by molar-refractivity contribution is -0.116. The molecule has 170 valence electrons. The largest absolute Gasteiger partial charge is 0.444 e. The number of hydrogen-bond acceptors (Lipinski definition) is 6. The minimum absolute atomic E-state index is 0.00768. The number of carbonyl (C=O) groups is 2. The van der Waals surface area contributed by atoms with Crippen LogP contribution in [0.2, 0.25) is 0 Å². The van der Waals surface area contributed by atoms with Crippen LogP contribution in [0, 0.1) is 6.92 Å². The second-order valence-corrected chi connectivity index (χ2v) is 9.86. The molecule has 0 saturated heterocycles. The van der Waals surface area contributed by atoms with Crippen LogP contribution in [0.4, 0.5) is 9.80 Å². The average molecular weight is 440 g/mol. The zero-order chi connectivity index (χ0) is 22.5. The standard InChI is InChI=1S/C22H37N3O4S/c1-8-17-19-16(13-14(2)25(17)21(27)29-22(4,5)6)15(3)20(30-19)24-18(26)9-10-23-11-12-28-7/h14,17,23H,8-13H2,1-7H3,(H,24,26). The number of ether oxygens (including phenoxy) is 2. The van der Waals surface area contributed by atoms with Gasteiger partial charge in [0.2, 0.25) is 5.91 Å². The molecular formula is C22H37N3O4S. The van der Waals surface area contributed by atoms with Gasteiger partial charge in [0.15, 0.2) is 0 Å². The molecule has 8 heteroatoms. The lowest BCUT2D eigenvalue weighted by Gasteiger charge is -2.40. The molecule has 0 aliphatic carbocycles. The van der Waals surface area contributed by atoms with Gasteiger partial charge in [-0.25, -0.2) is 4.79 Å². The van der Waals surface area contributed by atoms with Gasteiger partial charge in [-0.3, -0.25) is 9.69 Å². The Labute approximate surface area is 184 Å². The van der Waals surface area contributed by atoms with E-state index in [1.807, 2.05) is 25.7 Å². The Morgan fingerprint density at radius 3 is 2.57 bits per heavy atom. The van der Waals surface area contributed by atoms with Crippen LogP contribution in [0.3, 0.4) is 0 Å². The molecule has 2 unspecified atom stereocenters. The van der Waals surface area contributed by atoms with Crippen molar-refractivity contribution in [3.8, 4) is 0 Å². The molecule has 2 heterocycles. The molecule has 1 aromatic rings. The van der Waals surface area contributed by atoms with Gasteiger partial charge in [-0.1, -0.05) is 6.92 Å². The highest BCUT2D eigenvalue weighted by molar-refractivity contribution is 7.16. The summed E-state index contributed by atoms with van der Waals surface area (Å²) >= 11 is 1.59. The molecule has 2 rings (SSSR count). The van der Waals surface area contributed by atoms with Crippen molar-refractivity contribution >= 4 is 28.3 Å². The van der Waals surface area contributed by atoms with Gasteiger partial charge in [0.05, 0.1) is 17.6 Å². The molecule has 0 fully saturated rings. The van der Waals surface area contributed by atoms with E-state index < -0.39 is 5.60 Å². The Morgan fingerprint density at radius 1 is 1.27 bits per heavy atom. The monoisotopic (exact) mass is 439 g/mol. The predicted octanol–water partition coefficient (Wildman–Crippen LogP) is 4.25. The summed E-state index contributed by atoms with van der Waals surface area (Å²) in [4.78, 5) is 28.3. The summed E-state index contributed by atoms with van der Waals surface area (Å²) in [6.45, 7) is 13.8. The first-order valence-corrected chi connectivity index (χ1v) is 11.5. The van der Waals surface area contributed by atoms with Crippen LogP contribution in [-0.4, -0.2) is 55.3 Å². The highest BCUT2D eigenvalue weighted by atomic mass is 32.1. The molecule has 0 bridgehead atoms. The van der Waals surface area contributed by atoms with Gasteiger partial charge in [0.25, 0.3) is 0 Å². The molecule has 0 spiro atoms. The Bertz CT molecular complexity index is 741. The fraction of sp³-hybridized carbons (Fsp3) is 0.727. The van der Waals surface area contributed by atoms with E-state index in [4.69, 9.17) is 9.47 Å². The zero-order valence-electron chi connectivity index (χ0n) is 19.4. The maximum atomic E-state index is 12.9. The van der Waals surface area contributed by atoms with E-state index in [1.54, 1.807) is 18.4 Å². The lowest BCUT2D eigenvalue weighted by Crippen LogP contribution is -2.47. The smallest absolute Gasteiger partial charge is 0.411 e. The van der Waals surface area contributed by atoms with Gasteiger partial charge >= 0.3 is 6.09 Å². The molecule has 0 radical (unpaired) electrons. The Morgan fingerprint density at radius 2 is 1.97 bits per heavy atom. The number of anilines is 1. The first-order valence-electron chi connectivity index (χ1n) is 10.7. The second kappa shape index (κ2) is 10.6. The van der Waals surface area contributed by atoms with Crippen LogP contribution >= 0.6 is 11.3 Å². The second-order valence-electron chi connectivity index (χ2n) is 8.80. The zero-order valence-corrected chi connectivity index (χ0v) is 20.2. The third kappa shape index (κ3) is 6.18. The molecule has 30 heavy (non-hydrogen) atoms. The van der Waals surface area contributed by atoms with Crippen molar-refractivity contribution in [3.63, 3.8) is 0 Å². The highest BCUT2D eigenvalue weighted by Crippen LogP contribution is 2.45. The van der Waals surface area contributed by atoms with E-state index in [2.05, 4.69) is 31.4 Å². The normalized spacial score (nSPS) is 18.8. The molecule has 1 aromatic heterocycles. The quantitative estimate of drug-likeness (QED) is 0.592. The van der Waals surface area contributed by atoms with Crippen molar-refractivity contribution in [3.05, 3.63) is 16.0 Å². The molecule has 7 nitrogen and oxygen atoms in total. The summed E-state index contributed by atoms with van der Waals surface area (Å²) in [5.41, 5.74) is 1.84. The van der Waals surface area contributed by atoms with Gasteiger partial charge < -0.3 is 20.1 Å². The van der Waals surface area contributed by atoms with Crippen LogP contribution < -0.4 is 10.6 Å². The number of thiophene rings is 1. The topological polar surface area (TPSA) is 79.9 Å². The molecule has 2 amide bonds. The average Bonchev–Trinajstić information content (AvgIpc) is 2.94. The molecular weight excluding hydrogens is 402 g/mol. The van der Waals surface area contributed by atoms with Crippen LogP contribution in [0.1, 0.15) is 69.5 Å². The molecule has 0 aromatic carbocycles. The van der Waals surface area contributed by atoms with E-state index in [1.165, 1.54) is 5.56 Å². The maximum Gasteiger partial charge on any atom is 0.411 e. The van der Waals surface area contributed by atoms with Crippen molar-refractivity contribution in [1.82, 2.24) is 10.2 Å². The summed E-state index contributed by atoms with van der Waals surface area (Å²) in [7, 11) is 1.66. The summed E-state index contributed by atoms with van der Waals surface area (Å²) in [6.07, 6.45) is 1.70. The minimum atomic E-state index is -0.531. The predicted molar refractivity (Wildman–Crippen MR) is 121 cm³/mol. The SMILES string of the molecule is CCC1c2sc(NC(=O)CCNCCOC)c(C)c2CC(C)N1C(=O)OC(C)(C)C. The van der Waals surface area contributed by atoms with Gasteiger partial charge in [-0.15, -0.1) is 11.3 Å².